The van der Waals surface area contributed by atoms with Crippen LogP contribution in [0.25, 0.3) is 10.9 Å². The first kappa shape index (κ1) is 22.2. The third-order valence-corrected chi connectivity index (χ3v) is 5.65. The van der Waals surface area contributed by atoms with Gasteiger partial charge in [-0.25, -0.2) is 4.98 Å². The maximum Gasteiger partial charge on any atom is 0.435 e. The van der Waals surface area contributed by atoms with E-state index in [9.17, 15) is 13.2 Å². The number of pyridine rings is 2. The first-order valence-corrected chi connectivity index (χ1v) is 10.5. The number of fused-ring (bicyclic) bond motifs is 1. The van der Waals surface area contributed by atoms with Crippen molar-refractivity contribution in [2.45, 2.75) is 31.4 Å². The molecule has 0 aliphatic carbocycles. The second-order valence-electron chi connectivity index (χ2n) is 8.28. The largest absolute Gasteiger partial charge is 0.435 e. The molecule has 7 nitrogen and oxygen atoms in total. The number of halogens is 3. The number of nitrogens with zero attached hydrogens (tertiary/aromatic N) is 4. The predicted octanol–water partition coefficient (Wildman–Crippen LogP) is 2.16. The van der Waals surface area contributed by atoms with Crippen LogP contribution in [0.3, 0.4) is 0 Å². The van der Waals surface area contributed by atoms with Gasteiger partial charge in [-0.15, -0.1) is 0 Å². The van der Waals surface area contributed by atoms with Crippen LogP contribution in [-0.2, 0) is 15.7 Å². The predicted molar refractivity (Wildman–Crippen MR) is 111 cm³/mol. The summed E-state index contributed by atoms with van der Waals surface area (Å²) < 4.78 is 52.0. The molecule has 3 atom stereocenters. The van der Waals surface area contributed by atoms with Gasteiger partial charge in [0.15, 0.2) is 5.69 Å². The fourth-order valence-corrected chi connectivity index (χ4v) is 4.27. The van der Waals surface area contributed by atoms with Gasteiger partial charge < -0.3 is 24.6 Å². The molecule has 31 heavy (non-hydrogen) atoms. The molecule has 2 saturated heterocycles. The van der Waals surface area contributed by atoms with E-state index in [1.807, 2.05) is 11.8 Å². The van der Waals surface area contributed by atoms with Crippen molar-refractivity contribution < 1.29 is 22.6 Å². The maximum atomic E-state index is 13.4. The second kappa shape index (κ2) is 9.23. The zero-order valence-electron chi connectivity index (χ0n) is 17.7. The van der Waals surface area contributed by atoms with E-state index >= 15 is 0 Å². The van der Waals surface area contributed by atoms with Crippen LogP contribution in [0.5, 0.6) is 0 Å². The number of anilines is 1. The number of hydrogen-bond acceptors (Lipinski definition) is 7. The Hall–Kier alpha value is -2.01. The SMILES string of the molecule is CC1CN(c2cnc(C(F)(F)F)c3ncccc23)CC(CNCC2CN(C)CCO2)O1. The molecule has 2 aromatic rings. The molecule has 4 heterocycles. The van der Waals surface area contributed by atoms with Crippen molar-refractivity contribution in [1.29, 1.82) is 0 Å². The molecular formula is C21H28F3N5O2. The summed E-state index contributed by atoms with van der Waals surface area (Å²) in [6.07, 6.45) is -1.90. The number of aromatic nitrogens is 2. The molecule has 2 aliphatic rings. The minimum Gasteiger partial charge on any atom is -0.374 e. The summed E-state index contributed by atoms with van der Waals surface area (Å²) in [5.41, 5.74) is -0.433. The van der Waals surface area contributed by atoms with E-state index in [0.717, 1.165) is 26.2 Å². The quantitative estimate of drug-likeness (QED) is 0.766. The van der Waals surface area contributed by atoms with Crippen molar-refractivity contribution in [3.05, 3.63) is 30.2 Å². The Balaban J connectivity index is 1.46. The standard InChI is InChI=1S/C21H28F3N5O2/c1-14-11-29(13-16(31-14)9-25-8-15-12-28(2)6-7-30-15)18-10-27-20(21(22,23)24)19-17(18)4-3-5-26-19/h3-5,10,14-16,25H,6-9,11-13H2,1-2H3. The van der Waals surface area contributed by atoms with Crippen molar-refractivity contribution in [3.63, 3.8) is 0 Å². The van der Waals surface area contributed by atoms with Crippen LogP contribution >= 0.6 is 0 Å². The number of ether oxygens (including phenoxy) is 2. The van der Waals surface area contributed by atoms with E-state index in [2.05, 4.69) is 27.2 Å². The van der Waals surface area contributed by atoms with E-state index < -0.39 is 11.9 Å². The zero-order chi connectivity index (χ0) is 22.0. The van der Waals surface area contributed by atoms with Gasteiger partial charge in [-0.2, -0.15) is 13.2 Å². The summed E-state index contributed by atoms with van der Waals surface area (Å²) in [5, 5.41) is 3.87. The highest BCUT2D eigenvalue weighted by atomic mass is 19.4. The fourth-order valence-electron chi connectivity index (χ4n) is 4.27. The monoisotopic (exact) mass is 439 g/mol. The molecule has 2 fully saturated rings. The number of morpholine rings is 2. The molecule has 1 N–H and O–H groups in total. The summed E-state index contributed by atoms with van der Waals surface area (Å²) in [7, 11) is 2.08. The first-order chi connectivity index (χ1) is 14.8. The molecule has 0 radical (unpaired) electrons. The van der Waals surface area contributed by atoms with Gasteiger partial charge in [0.05, 0.1) is 36.8 Å². The van der Waals surface area contributed by atoms with Crippen molar-refractivity contribution in [2.75, 3.05) is 57.8 Å². The van der Waals surface area contributed by atoms with Crippen LogP contribution in [0.15, 0.2) is 24.5 Å². The topological polar surface area (TPSA) is 62.8 Å². The van der Waals surface area contributed by atoms with Crippen LogP contribution in [0, 0.1) is 0 Å². The Morgan fingerprint density at radius 2 is 1.97 bits per heavy atom. The van der Waals surface area contributed by atoms with Crippen LogP contribution in [0.2, 0.25) is 0 Å². The first-order valence-electron chi connectivity index (χ1n) is 10.5. The van der Waals surface area contributed by atoms with Crippen molar-refractivity contribution >= 4 is 16.6 Å². The number of nitrogens with one attached hydrogen (secondary N) is 1. The van der Waals surface area contributed by atoms with Gasteiger partial charge in [-0.05, 0) is 26.1 Å². The Labute approximate surface area is 179 Å². The molecular weight excluding hydrogens is 411 g/mol. The summed E-state index contributed by atoms with van der Waals surface area (Å²) >= 11 is 0. The summed E-state index contributed by atoms with van der Waals surface area (Å²) in [6, 6.07) is 3.31. The van der Waals surface area contributed by atoms with Crippen LogP contribution in [-0.4, -0.2) is 86.1 Å². The minimum atomic E-state index is -4.55. The highest BCUT2D eigenvalue weighted by Crippen LogP contribution is 2.36. The molecule has 2 aromatic heterocycles. The molecule has 0 amide bonds. The number of hydrogen-bond donors (Lipinski definition) is 1. The Morgan fingerprint density at radius 1 is 1.16 bits per heavy atom. The number of alkyl halides is 3. The highest BCUT2D eigenvalue weighted by molar-refractivity contribution is 5.92. The molecule has 2 aliphatic heterocycles. The smallest absolute Gasteiger partial charge is 0.374 e. The molecule has 4 rings (SSSR count). The van der Waals surface area contributed by atoms with E-state index in [-0.39, 0.29) is 23.8 Å². The van der Waals surface area contributed by atoms with Gasteiger partial charge >= 0.3 is 6.18 Å². The van der Waals surface area contributed by atoms with Gasteiger partial charge in [0.2, 0.25) is 0 Å². The molecule has 3 unspecified atom stereocenters. The number of rotatable bonds is 5. The lowest BCUT2D eigenvalue weighted by Gasteiger charge is -2.39. The lowest BCUT2D eigenvalue weighted by atomic mass is 10.1. The van der Waals surface area contributed by atoms with Crippen molar-refractivity contribution in [3.8, 4) is 0 Å². The maximum absolute atomic E-state index is 13.4. The normalized spacial score (nSPS) is 25.8. The fraction of sp³-hybridized carbons (Fsp3) is 0.619. The second-order valence-corrected chi connectivity index (χ2v) is 8.28. The van der Waals surface area contributed by atoms with Gasteiger partial charge in [-0.3, -0.25) is 4.98 Å². The molecule has 0 spiro atoms. The average molecular weight is 439 g/mol. The molecule has 0 aromatic carbocycles. The minimum absolute atomic E-state index is 0.0633. The Bertz CT molecular complexity index is 897. The van der Waals surface area contributed by atoms with Crippen molar-refractivity contribution in [1.82, 2.24) is 20.2 Å². The Morgan fingerprint density at radius 3 is 2.74 bits per heavy atom. The third kappa shape index (κ3) is 5.25. The van der Waals surface area contributed by atoms with E-state index in [1.165, 1.54) is 12.4 Å². The molecule has 170 valence electrons. The van der Waals surface area contributed by atoms with E-state index in [0.29, 0.717) is 30.7 Å². The number of likely N-dealkylation sites (N-methyl/N-ethyl adjacent to an activating group) is 1. The summed E-state index contributed by atoms with van der Waals surface area (Å²) in [4.78, 5) is 12.0. The summed E-state index contributed by atoms with van der Waals surface area (Å²) in [5.74, 6) is 0. The van der Waals surface area contributed by atoms with Gasteiger partial charge in [0, 0.05) is 50.9 Å². The van der Waals surface area contributed by atoms with E-state index in [1.54, 1.807) is 12.1 Å². The molecule has 10 heteroatoms. The van der Waals surface area contributed by atoms with Crippen molar-refractivity contribution in [2.24, 2.45) is 0 Å². The van der Waals surface area contributed by atoms with Gasteiger partial charge in [0.25, 0.3) is 0 Å². The lowest BCUT2D eigenvalue weighted by Crippen LogP contribution is -2.52. The van der Waals surface area contributed by atoms with Crippen LogP contribution in [0.1, 0.15) is 12.6 Å². The van der Waals surface area contributed by atoms with Crippen LogP contribution < -0.4 is 10.2 Å². The van der Waals surface area contributed by atoms with E-state index in [4.69, 9.17) is 9.47 Å². The molecule has 0 bridgehead atoms. The lowest BCUT2D eigenvalue weighted by molar-refractivity contribution is -0.139. The van der Waals surface area contributed by atoms with Gasteiger partial charge in [0.1, 0.15) is 5.52 Å². The zero-order valence-corrected chi connectivity index (χ0v) is 17.7. The summed E-state index contributed by atoms with van der Waals surface area (Å²) in [6.45, 7) is 7.02. The van der Waals surface area contributed by atoms with Crippen LogP contribution in [0.4, 0.5) is 18.9 Å². The highest BCUT2D eigenvalue weighted by Gasteiger charge is 2.36. The van der Waals surface area contributed by atoms with Gasteiger partial charge in [-0.1, -0.05) is 0 Å². The third-order valence-electron chi connectivity index (χ3n) is 5.65. The molecule has 0 saturated carbocycles. The Kier molecular flexibility index (Phi) is 6.61. The average Bonchev–Trinajstić information content (AvgIpc) is 2.72.